The second-order valence-corrected chi connectivity index (χ2v) is 14.9. The van der Waals surface area contributed by atoms with Crippen molar-refractivity contribution in [2.75, 3.05) is 13.7 Å². The molecule has 0 unspecified atom stereocenters. The maximum absolute atomic E-state index is 14.6. The van der Waals surface area contributed by atoms with Gasteiger partial charge in [-0.2, -0.15) is 0 Å². The van der Waals surface area contributed by atoms with Gasteiger partial charge in [0, 0.05) is 25.2 Å². The highest BCUT2D eigenvalue weighted by atomic mass is 16.6. The number of aliphatic hydroxyl groups excluding tert-OH is 1. The molecule has 54 heavy (non-hydrogen) atoms. The van der Waals surface area contributed by atoms with E-state index in [9.17, 15) is 33.9 Å². The van der Waals surface area contributed by atoms with Gasteiger partial charge in [0.25, 0.3) is 11.8 Å². The molecular weight excluding hydrogens is 696 g/mol. The van der Waals surface area contributed by atoms with E-state index >= 15 is 0 Å². The van der Waals surface area contributed by atoms with Crippen LogP contribution in [0.3, 0.4) is 0 Å². The van der Waals surface area contributed by atoms with Crippen LogP contribution in [0.25, 0.3) is 0 Å². The Hall–Kier alpha value is -4.98. The average Bonchev–Trinajstić information content (AvgIpc) is 3.62. The Labute approximate surface area is 316 Å². The van der Waals surface area contributed by atoms with Gasteiger partial charge >= 0.3 is 11.9 Å². The molecule has 0 aromatic heterocycles. The number of amides is 4. The Morgan fingerprint density at radius 2 is 1.70 bits per heavy atom. The number of carbonyl (C=O) groups excluding carboxylic acids is 6. The van der Waals surface area contributed by atoms with Crippen LogP contribution >= 0.6 is 0 Å². The predicted molar refractivity (Wildman–Crippen MR) is 198 cm³/mol. The molecule has 0 aliphatic carbocycles. The van der Waals surface area contributed by atoms with E-state index in [-0.39, 0.29) is 48.9 Å². The molecule has 14 heteroatoms. The van der Waals surface area contributed by atoms with Crippen molar-refractivity contribution in [1.29, 1.82) is 0 Å². The molecule has 5 atom stereocenters. The third-order valence-corrected chi connectivity index (χ3v) is 10.1. The van der Waals surface area contributed by atoms with Crippen LogP contribution < -0.4 is 15.4 Å². The lowest BCUT2D eigenvalue weighted by Gasteiger charge is -2.39. The zero-order valence-electron chi connectivity index (χ0n) is 32.4. The van der Waals surface area contributed by atoms with E-state index < -0.39 is 78.2 Å². The highest BCUT2D eigenvalue weighted by Gasteiger charge is 2.45. The minimum Gasteiger partial charge on any atom is -0.497 e. The molecule has 3 heterocycles. The monoisotopic (exact) mass is 750 g/mol. The smallest absolute Gasteiger partial charge is 0.334 e. The number of cyclic esters (lactones) is 2. The minimum atomic E-state index is -1.54. The maximum Gasteiger partial charge on any atom is 0.334 e. The summed E-state index contributed by atoms with van der Waals surface area (Å²) in [6.45, 7) is 18.4. The second-order valence-electron chi connectivity index (χ2n) is 14.9. The van der Waals surface area contributed by atoms with Crippen molar-refractivity contribution >= 4 is 35.6 Å². The van der Waals surface area contributed by atoms with E-state index in [0.29, 0.717) is 30.6 Å². The predicted octanol–water partition coefficient (Wildman–Crippen LogP) is 3.22. The third kappa shape index (κ3) is 9.57. The fourth-order valence-electron chi connectivity index (χ4n) is 6.94. The molecule has 294 valence electrons. The Bertz CT molecular complexity index is 1720. The molecular formula is C40H54N4O10. The number of carbonyl (C=O) groups is 6. The van der Waals surface area contributed by atoms with Crippen LogP contribution in [0.1, 0.15) is 84.8 Å². The quantitative estimate of drug-likeness (QED) is 0.299. The van der Waals surface area contributed by atoms with Gasteiger partial charge in [-0.15, -0.1) is 0 Å². The molecule has 3 aliphatic rings. The molecule has 1 aromatic rings. The fourth-order valence-corrected chi connectivity index (χ4v) is 6.94. The van der Waals surface area contributed by atoms with E-state index in [1.165, 1.54) is 16.9 Å². The summed E-state index contributed by atoms with van der Waals surface area (Å²) < 4.78 is 16.6. The molecule has 0 spiro atoms. The molecule has 0 saturated carbocycles. The number of fused-ring (bicyclic) bond motifs is 3. The summed E-state index contributed by atoms with van der Waals surface area (Å²) in [7, 11) is 1.53. The largest absolute Gasteiger partial charge is 0.497 e. The molecule has 3 N–H and O–H groups in total. The topological polar surface area (TPSA) is 181 Å². The number of rotatable bonds is 5. The van der Waals surface area contributed by atoms with Crippen molar-refractivity contribution in [3.05, 3.63) is 65.1 Å². The Morgan fingerprint density at radius 1 is 1.00 bits per heavy atom. The Balaban J connectivity index is 1.80. The number of methoxy groups -OCH3 is 1. The zero-order chi connectivity index (χ0) is 40.0. The molecule has 0 radical (unpaired) electrons. The SMILES string of the molecule is C=C1OC(=O)[C@@H]2Cc3ccc(OC)cc3CN2C(=O)[C@@H]2CCCN2C(=O)[C@H](CC(C)C)NC(=O)[C@H](C(C)C)OC(=O)C[C@H](O)/C(=C(/C)CC)NC(=O)C1=C. The molecule has 1 aromatic carbocycles. The number of ether oxygens (including phenoxy) is 3. The summed E-state index contributed by atoms with van der Waals surface area (Å²) in [6, 6.07) is 2.19. The summed E-state index contributed by atoms with van der Waals surface area (Å²) in [5.74, 6) is -4.65. The molecule has 0 bridgehead atoms. The van der Waals surface area contributed by atoms with Crippen molar-refractivity contribution in [3.63, 3.8) is 0 Å². The maximum atomic E-state index is 14.6. The van der Waals surface area contributed by atoms with Crippen molar-refractivity contribution in [3.8, 4) is 5.75 Å². The first-order valence-electron chi connectivity index (χ1n) is 18.5. The lowest BCUT2D eigenvalue weighted by Crippen LogP contribution is -2.58. The summed E-state index contributed by atoms with van der Waals surface area (Å²) >= 11 is 0. The number of nitrogens with one attached hydrogen (secondary N) is 2. The van der Waals surface area contributed by atoms with E-state index in [2.05, 4.69) is 23.8 Å². The van der Waals surface area contributed by atoms with E-state index in [1.54, 1.807) is 39.8 Å². The van der Waals surface area contributed by atoms with Gasteiger partial charge in [-0.05, 0) is 67.7 Å². The van der Waals surface area contributed by atoms with Gasteiger partial charge in [-0.3, -0.25) is 24.0 Å². The van der Waals surface area contributed by atoms with E-state index in [4.69, 9.17) is 14.2 Å². The van der Waals surface area contributed by atoms with Crippen molar-refractivity contribution in [1.82, 2.24) is 20.4 Å². The Kier molecular flexibility index (Phi) is 13.8. The molecule has 3 aliphatic heterocycles. The fraction of sp³-hybridized carbons (Fsp3) is 0.550. The van der Waals surface area contributed by atoms with Crippen LogP contribution in [-0.4, -0.2) is 94.5 Å². The van der Waals surface area contributed by atoms with Crippen LogP contribution in [-0.2, 0) is 51.2 Å². The number of benzene rings is 1. The lowest BCUT2D eigenvalue weighted by atomic mass is 9.92. The van der Waals surface area contributed by atoms with Crippen LogP contribution in [0.15, 0.2) is 54.0 Å². The molecule has 2 fully saturated rings. The number of nitrogens with zero attached hydrogens (tertiary/aromatic N) is 2. The van der Waals surface area contributed by atoms with Crippen LogP contribution in [0, 0.1) is 11.8 Å². The van der Waals surface area contributed by atoms with E-state index in [1.807, 2.05) is 19.9 Å². The summed E-state index contributed by atoms with van der Waals surface area (Å²) in [5, 5.41) is 16.5. The number of esters is 2. The van der Waals surface area contributed by atoms with Crippen molar-refractivity contribution in [2.24, 2.45) is 11.8 Å². The molecule has 4 rings (SSSR count). The van der Waals surface area contributed by atoms with E-state index in [0.717, 1.165) is 11.1 Å². The number of allylic oxidation sites excluding steroid dienone is 1. The van der Waals surface area contributed by atoms with Crippen LogP contribution in [0.2, 0.25) is 0 Å². The first-order chi connectivity index (χ1) is 25.5. The van der Waals surface area contributed by atoms with Crippen LogP contribution in [0.4, 0.5) is 0 Å². The van der Waals surface area contributed by atoms with Gasteiger partial charge in [-0.25, -0.2) is 4.79 Å². The first kappa shape index (κ1) is 41.8. The molecule has 2 saturated heterocycles. The van der Waals surface area contributed by atoms with Gasteiger partial charge in [0.1, 0.15) is 35.7 Å². The van der Waals surface area contributed by atoms with Gasteiger partial charge in [0.2, 0.25) is 11.8 Å². The first-order valence-corrected chi connectivity index (χ1v) is 18.5. The standard InChI is InChI=1S/C40H54N4O10/c1-10-23(6)34-32(45)19-33(46)54-35(22(4)5)37(48)41-29(16-21(2)3)38(49)43-15-11-12-30(43)39(50)44-20-27-17-28(52-9)14-13-26(27)18-31(44)40(51)53-25(8)24(7)36(47)42-34/h13-14,17,21-22,29-32,35,45H,7-8,10-12,15-16,18-20H2,1-6,9H3,(H,41,48)(H,42,47)/b34-23+/t29-,30-,31-,32-,35-/m0/s1. The number of aliphatic hydroxyl groups is 1. The highest BCUT2D eigenvalue weighted by molar-refractivity contribution is 5.99. The third-order valence-electron chi connectivity index (χ3n) is 10.1. The van der Waals surface area contributed by atoms with Gasteiger partial charge < -0.3 is 39.8 Å². The molecule has 4 amide bonds. The zero-order valence-corrected chi connectivity index (χ0v) is 32.4. The summed E-state index contributed by atoms with van der Waals surface area (Å²) in [4.78, 5) is 86.1. The van der Waals surface area contributed by atoms with Crippen LogP contribution in [0.5, 0.6) is 5.75 Å². The highest BCUT2D eigenvalue weighted by Crippen LogP contribution is 2.32. The normalized spacial score (nSPS) is 26.3. The van der Waals surface area contributed by atoms with Crippen molar-refractivity contribution < 1.29 is 48.1 Å². The van der Waals surface area contributed by atoms with Crippen molar-refractivity contribution in [2.45, 2.75) is 117 Å². The lowest BCUT2D eigenvalue weighted by molar-refractivity contribution is -0.161. The van der Waals surface area contributed by atoms with Gasteiger partial charge in [-0.1, -0.05) is 59.4 Å². The Morgan fingerprint density at radius 3 is 2.33 bits per heavy atom. The average molecular weight is 751 g/mol. The summed E-state index contributed by atoms with van der Waals surface area (Å²) in [6.07, 6.45) is -1.94. The van der Waals surface area contributed by atoms with Gasteiger partial charge in [0.15, 0.2) is 6.10 Å². The minimum absolute atomic E-state index is 0.00745. The number of hydrogen-bond donors (Lipinski definition) is 3. The number of hydrogen-bond acceptors (Lipinski definition) is 10. The summed E-state index contributed by atoms with van der Waals surface area (Å²) in [5.41, 5.74) is 1.75. The molecule has 14 nitrogen and oxygen atoms in total. The second kappa shape index (κ2) is 17.9. The van der Waals surface area contributed by atoms with Gasteiger partial charge in [0.05, 0.1) is 19.1 Å².